The smallest absolute Gasteiger partial charge is 0.0225 e. The van der Waals surface area contributed by atoms with Gasteiger partial charge in [-0.15, -0.1) is 0 Å². The molecule has 0 spiro atoms. The first-order chi connectivity index (χ1) is 6.17. The molecule has 0 aliphatic heterocycles. The topological polar surface area (TPSA) is 0 Å². The molecule has 0 fully saturated rings. The molecule has 13 heavy (non-hydrogen) atoms. The van der Waals surface area contributed by atoms with E-state index < -0.39 is 0 Å². The quantitative estimate of drug-likeness (QED) is 0.590. The molecule has 0 heterocycles. The third-order valence-corrected chi connectivity index (χ3v) is 3.20. The number of allylic oxidation sites excluding steroid dienone is 4. The van der Waals surface area contributed by atoms with Crippen LogP contribution in [0.2, 0.25) is 0 Å². The molecule has 1 rings (SSSR count). The summed E-state index contributed by atoms with van der Waals surface area (Å²) in [6.45, 7) is 9.15. The van der Waals surface area contributed by atoms with Crippen LogP contribution in [-0.4, -0.2) is 0 Å². The van der Waals surface area contributed by atoms with Crippen molar-refractivity contribution in [3.05, 3.63) is 23.3 Å². The SMILES string of the molecule is CCC1=CC(C)=CC(C)C(CC)C1. The van der Waals surface area contributed by atoms with E-state index in [2.05, 4.69) is 39.8 Å². The lowest BCUT2D eigenvalue weighted by Gasteiger charge is -2.19. The van der Waals surface area contributed by atoms with Crippen molar-refractivity contribution < 1.29 is 0 Å². The van der Waals surface area contributed by atoms with Crippen LogP contribution >= 0.6 is 0 Å². The van der Waals surface area contributed by atoms with E-state index in [4.69, 9.17) is 0 Å². The summed E-state index contributed by atoms with van der Waals surface area (Å²) in [5.41, 5.74) is 3.09. The summed E-state index contributed by atoms with van der Waals surface area (Å²) in [7, 11) is 0. The summed E-state index contributed by atoms with van der Waals surface area (Å²) in [5, 5.41) is 0. The van der Waals surface area contributed by atoms with E-state index in [9.17, 15) is 0 Å². The van der Waals surface area contributed by atoms with Gasteiger partial charge >= 0.3 is 0 Å². The van der Waals surface area contributed by atoms with Crippen LogP contribution in [0.1, 0.15) is 47.0 Å². The Labute approximate surface area is 82.7 Å². The van der Waals surface area contributed by atoms with Crippen molar-refractivity contribution in [1.82, 2.24) is 0 Å². The molecule has 0 radical (unpaired) electrons. The van der Waals surface area contributed by atoms with E-state index in [1.54, 1.807) is 5.57 Å². The third-order valence-electron chi connectivity index (χ3n) is 3.20. The zero-order chi connectivity index (χ0) is 9.84. The van der Waals surface area contributed by atoms with Crippen LogP contribution in [0.3, 0.4) is 0 Å². The van der Waals surface area contributed by atoms with Gasteiger partial charge in [-0.05, 0) is 31.6 Å². The van der Waals surface area contributed by atoms with Gasteiger partial charge in [-0.25, -0.2) is 0 Å². The highest BCUT2D eigenvalue weighted by Crippen LogP contribution is 2.30. The van der Waals surface area contributed by atoms with Crippen LogP contribution < -0.4 is 0 Å². The number of hydrogen-bond acceptors (Lipinski definition) is 0. The Hall–Kier alpha value is -0.520. The normalized spacial score (nSPS) is 29.2. The van der Waals surface area contributed by atoms with Crippen molar-refractivity contribution in [2.45, 2.75) is 47.0 Å². The van der Waals surface area contributed by atoms with Gasteiger partial charge in [0.25, 0.3) is 0 Å². The largest absolute Gasteiger partial charge is 0.0785 e. The summed E-state index contributed by atoms with van der Waals surface area (Å²) in [4.78, 5) is 0. The van der Waals surface area contributed by atoms with Gasteiger partial charge in [-0.3, -0.25) is 0 Å². The molecule has 0 bridgehead atoms. The van der Waals surface area contributed by atoms with Crippen LogP contribution in [0.4, 0.5) is 0 Å². The van der Waals surface area contributed by atoms with Crippen molar-refractivity contribution >= 4 is 0 Å². The summed E-state index contributed by atoms with van der Waals surface area (Å²) in [6.07, 6.45) is 8.64. The molecule has 0 amide bonds. The van der Waals surface area contributed by atoms with Crippen molar-refractivity contribution in [3.63, 3.8) is 0 Å². The molecule has 0 aromatic rings. The van der Waals surface area contributed by atoms with Gasteiger partial charge in [0.15, 0.2) is 0 Å². The van der Waals surface area contributed by atoms with Crippen LogP contribution in [0, 0.1) is 11.8 Å². The predicted octanol–water partition coefficient (Wildman–Crippen LogP) is 4.34. The molecule has 0 saturated heterocycles. The molecule has 0 aromatic carbocycles. The Morgan fingerprint density at radius 3 is 2.62 bits per heavy atom. The van der Waals surface area contributed by atoms with Gasteiger partial charge in [0.1, 0.15) is 0 Å². The molecule has 0 N–H and O–H groups in total. The molecule has 74 valence electrons. The lowest BCUT2D eigenvalue weighted by Crippen LogP contribution is -2.08. The lowest BCUT2D eigenvalue weighted by molar-refractivity contribution is 0.403. The van der Waals surface area contributed by atoms with E-state index >= 15 is 0 Å². The maximum absolute atomic E-state index is 2.43. The van der Waals surface area contributed by atoms with Crippen LogP contribution in [-0.2, 0) is 0 Å². The van der Waals surface area contributed by atoms with Gasteiger partial charge in [0.2, 0.25) is 0 Å². The Morgan fingerprint density at radius 1 is 1.38 bits per heavy atom. The minimum absolute atomic E-state index is 0.755. The second-order valence-corrected chi connectivity index (χ2v) is 4.30. The van der Waals surface area contributed by atoms with Crippen LogP contribution in [0.25, 0.3) is 0 Å². The average molecular weight is 178 g/mol. The van der Waals surface area contributed by atoms with Gasteiger partial charge in [-0.1, -0.05) is 50.5 Å². The van der Waals surface area contributed by atoms with Crippen molar-refractivity contribution in [3.8, 4) is 0 Å². The van der Waals surface area contributed by atoms with Gasteiger partial charge in [0.05, 0.1) is 0 Å². The molecular formula is C13H22. The van der Waals surface area contributed by atoms with Gasteiger partial charge < -0.3 is 0 Å². The fourth-order valence-corrected chi connectivity index (χ4v) is 2.26. The first kappa shape index (κ1) is 10.6. The zero-order valence-corrected chi connectivity index (χ0v) is 9.43. The summed E-state index contributed by atoms with van der Waals surface area (Å²) >= 11 is 0. The number of rotatable bonds is 2. The summed E-state index contributed by atoms with van der Waals surface area (Å²) in [6, 6.07) is 0. The highest BCUT2D eigenvalue weighted by Gasteiger charge is 2.17. The fraction of sp³-hybridized carbons (Fsp3) is 0.692. The van der Waals surface area contributed by atoms with Gasteiger partial charge in [0, 0.05) is 0 Å². The maximum atomic E-state index is 2.43. The Balaban J connectivity index is 2.81. The van der Waals surface area contributed by atoms with E-state index in [1.165, 1.54) is 24.8 Å². The standard InChI is InChI=1S/C13H22/c1-5-12-8-10(3)7-11(4)13(6-2)9-12/h7-8,11,13H,5-6,9H2,1-4H3. The second-order valence-electron chi connectivity index (χ2n) is 4.30. The van der Waals surface area contributed by atoms with E-state index in [1.807, 2.05) is 0 Å². The first-order valence-electron chi connectivity index (χ1n) is 5.55. The molecule has 0 saturated carbocycles. The minimum Gasteiger partial charge on any atom is -0.0785 e. The predicted molar refractivity (Wildman–Crippen MR) is 59.7 cm³/mol. The number of hydrogen-bond donors (Lipinski definition) is 0. The monoisotopic (exact) mass is 178 g/mol. The Morgan fingerprint density at radius 2 is 2.08 bits per heavy atom. The summed E-state index contributed by atoms with van der Waals surface area (Å²) in [5.74, 6) is 1.62. The molecule has 1 aliphatic rings. The maximum Gasteiger partial charge on any atom is -0.0225 e. The Kier molecular flexibility index (Phi) is 3.77. The zero-order valence-electron chi connectivity index (χ0n) is 9.43. The van der Waals surface area contributed by atoms with Crippen molar-refractivity contribution in [1.29, 1.82) is 0 Å². The van der Waals surface area contributed by atoms with Crippen LogP contribution in [0.5, 0.6) is 0 Å². The second kappa shape index (κ2) is 4.64. The third kappa shape index (κ3) is 2.72. The average Bonchev–Trinajstić information content (AvgIpc) is 2.23. The minimum atomic E-state index is 0.755. The Bertz CT molecular complexity index is 220. The van der Waals surface area contributed by atoms with E-state index in [0.717, 1.165) is 11.8 Å². The summed E-state index contributed by atoms with van der Waals surface area (Å²) < 4.78 is 0. The molecule has 1 aliphatic carbocycles. The van der Waals surface area contributed by atoms with Crippen molar-refractivity contribution in [2.24, 2.45) is 11.8 Å². The molecule has 0 nitrogen and oxygen atoms in total. The molecule has 0 heteroatoms. The molecule has 0 aromatic heterocycles. The molecular weight excluding hydrogens is 156 g/mol. The van der Waals surface area contributed by atoms with E-state index in [0.29, 0.717) is 0 Å². The highest BCUT2D eigenvalue weighted by molar-refractivity contribution is 5.25. The van der Waals surface area contributed by atoms with Crippen molar-refractivity contribution in [2.75, 3.05) is 0 Å². The van der Waals surface area contributed by atoms with Gasteiger partial charge in [-0.2, -0.15) is 0 Å². The highest BCUT2D eigenvalue weighted by atomic mass is 14.2. The lowest BCUT2D eigenvalue weighted by atomic mass is 9.86. The van der Waals surface area contributed by atoms with E-state index in [-0.39, 0.29) is 0 Å². The first-order valence-corrected chi connectivity index (χ1v) is 5.55. The fourth-order valence-electron chi connectivity index (χ4n) is 2.26. The molecule has 2 unspecified atom stereocenters. The molecule has 2 atom stereocenters. The van der Waals surface area contributed by atoms with Crippen LogP contribution in [0.15, 0.2) is 23.3 Å².